The van der Waals surface area contributed by atoms with Crippen LogP contribution in [-0.4, -0.2) is 25.7 Å². The summed E-state index contributed by atoms with van der Waals surface area (Å²) in [5, 5.41) is 21.8. The van der Waals surface area contributed by atoms with E-state index in [9.17, 15) is 4.79 Å². The van der Waals surface area contributed by atoms with Gasteiger partial charge in [-0.3, -0.25) is 0 Å². The second-order valence-corrected chi connectivity index (χ2v) is 4.12. The summed E-state index contributed by atoms with van der Waals surface area (Å²) in [5.41, 5.74) is 2.51. The summed E-state index contributed by atoms with van der Waals surface area (Å²) in [6, 6.07) is 12.2. The van der Waals surface area contributed by atoms with Crippen LogP contribution < -0.4 is 0 Å². The van der Waals surface area contributed by atoms with Gasteiger partial charge in [-0.15, -0.1) is 0 Å². The molecule has 20 heavy (non-hydrogen) atoms. The Morgan fingerprint density at radius 2 is 2.00 bits per heavy atom. The predicted molar refractivity (Wildman–Crippen MR) is 70.1 cm³/mol. The fourth-order valence-electron chi connectivity index (χ4n) is 1.93. The van der Waals surface area contributed by atoms with Crippen molar-refractivity contribution in [2.45, 2.75) is 0 Å². The number of aromatic nitrogens is 3. The molecule has 2 heterocycles. The monoisotopic (exact) mass is 264 g/mol. The van der Waals surface area contributed by atoms with E-state index in [1.807, 2.05) is 6.07 Å². The number of fused-ring (bicyclic) bond motifs is 1. The van der Waals surface area contributed by atoms with E-state index in [2.05, 4.69) is 10.1 Å². The van der Waals surface area contributed by atoms with Gasteiger partial charge in [-0.25, -0.2) is 14.3 Å². The van der Waals surface area contributed by atoms with Crippen molar-refractivity contribution in [2.24, 2.45) is 0 Å². The highest BCUT2D eigenvalue weighted by molar-refractivity contribution is 5.86. The molecule has 0 saturated carbocycles. The number of rotatable bonds is 2. The maximum atomic E-state index is 11.0. The fraction of sp³-hybridized carbons (Fsp3) is 0. The molecular weight excluding hydrogens is 256 g/mol. The minimum absolute atomic E-state index is 0.0569. The normalized spacial score (nSPS) is 10.3. The Morgan fingerprint density at radius 1 is 1.25 bits per heavy atom. The Labute approximate surface area is 113 Å². The predicted octanol–water partition coefficient (Wildman–Crippen LogP) is 1.97. The summed E-state index contributed by atoms with van der Waals surface area (Å²) in [5.74, 6) is -1.10. The number of benzene rings is 1. The van der Waals surface area contributed by atoms with Gasteiger partial charge in [-0.05, 0) is 18.2 Å². The van der Waals surface area contributed by atoms with Crippen LogP contribution in [0.25, 0.3) is 16.9 Å². The zero-order chi connectivity index (χ0) is 14.1. The lowest BCUT2D eigenvalue weighted by Gasteiger charge is -2.04. The number of carboxylic acid groups (broad SMARTS) is 1. The van der Waals surface area contributed by atoms with Crippen LogP contribution in [0.3, 0.4) is 0 Å². The summed E-state index contributed by atoms with van der Waals surface area (Å²) in [7, 11) is 0. The quantitative estimate of drug-likeness (QED) is 0.764. The Morgan fingerprint density at radius 3 is 2.65 bits per heavy atom. The van der Waals surface area contributed by atoms with Crippen molar-refractivity contribution in [1.82, 2.24) is 14.6 Å². The van der Waals surface area contributed by atoms with E-state index in [1.165, 1.54) is 10.6 Å². The number of hydrogen-bond acceptors (Lipinski definition) is 4. The Kier molecular flexibility index (Phi) is 2.66. The van der Waals surface area contributed by atoms with Gasteiger partial charge >= 0.3 is 5.97 Å². The lowest BCUT2D eigenvalue weighted by Crippen LogP contribution is -1.99. The number of hydrogen-bond donors (Lipinski definition) is 1. The number of nitrogens with zero attached hydrogens (tertiary/aromatic N) is 4. The van der Waals surface area contributed by atoms with Gasteiger partial charge in [-0.1, -0.05) is 12.1 Å². The maximum absolute atomic E-state index is 11.0. The SMILES string of the molecule is N#Cc1ccc(-c2ccnc3cc(C(=O)O)nn23)cc1. The number of carboxylic acids is 1. The molecule has 0 amide bonds. The molecule has 1 N–H and O–H groups in total. The smallest absolute Gasteiger partial charge is 0.356 e. The molecule has 0 unspecified atom stereocenters. The Balaban J connectivity index is 2.19. The lowest BCUT2D eigenvalue weighted by atomic mass is 10.1. The number of carbonyl (C=O) groups is 1. The topological polar surface area (TPSA) is 91.3 Å². The Bertz CT molecular complexity index is 844. The van der Waals surface area contributed by atoms with E-state index in [1.54, 1.807) is 36.5 Å². The van der Waals surface area contributed by atoms with Crippen molar-refractivity contribution in [3.05, 3.63) is 53.9 Å². The highest BCUT2D eigenvalue weighted by atomic mass is 16.4. The lowest BCUT2D eigenvalue weighted by molar-refractivity contribution is 0.0690. The molecule has 6 heteroatoms. The average molecular weight is 264 g/mol. The first-order chi connectivity index (χ1) is 9.69. The molecular formula is C14H8N4O2. The number of nitriles is 1. The molecule has 0 spiro atoms. The minimum Gasteiger partial charge on any atom is -0.476 e. The summed E-state index contributed by atoms with van der Waals surface area (Å²) in [6.45, 7) is 0. The van der Waals surface area contributed by atoms with Crippen LogP contribution in [0.15, 0.2) is 42.6 Å². The van der Waals surface area contributed by atoms with Gasteiger partial charge in [0.2, 0.25) is 0 Å². The second kappa shape index (κ2) is 4.48. The third-order valence-corrected chi connectivity index (χ3v) is 2.89. The third kappa shape index (κ3) is 1.87. The molecule has 0 saturated heterocycles. The molecule has 0 radical (unpaired) electrons. The van der Waals surface area contributed by atoms with E-state index in [4.69, 9.17) is 10.4 Å². The van der Waals surface area contributed by atoms with E-state index in [-0.39, 0.29) is 5.69 Å². The Hall–Kier alpha value is -3.20. The van der Waals surface area contributed by atoms with E-state index in [0.717, 1.165) is 5.56 Å². The van der Waals surface area contributed by atoms with E-state index < -0.39 is 5.97 Å². The molecule has 0 bridgehead atoms. The minimum atomic E-state index is -1.10. The van der Waals surface area contributed by atoms with Gasteiger partial charge in [0.05, 0.1) is 17.3 Å². The highest BCUT2D eigenvalue weighted by Crippen LogP contribution is 2.20. The van der Waals surface area contributed by atoms with Crippen LogP contribution in [0.2, 0.25) is 0 Å². The largest absolute Gasteiger partial charge is 0.476 e. The van der Waals surface area contributed by atoms with Gasteiger partial charge in [0.1, 0.15) is 0 Å². The molecule has 6 nitrogen and oxygen atoms in total. The molecule has 0 atom stereocenters. The molecule has 3 rings (SSSR count). The molecule has 0 fully saturated rings. The molecule has 0 aliphatic rings. The van der Waals surface area contributed by atoms with Crippen LogP contribution >= 0.6 is 0 Å². The number of aromatic carboxylic acids is 1. The van der Waals surface area contributed by atoms with E-state index in [0.29, 0.717) is 16.9 Å². The summed E-state index contributed by atoms with van der Waals surface area (Å²) in [4.78, 5) is 15.1. The van der Waals surface area contributed by atoms with Crippen LogP contribution in [0.1, 0.15) is 16.1 Å². The molecule has 96 valence electrons. The van der Waals surface area contributed by atoms with E-state index >= 15 is 0 Å². The van der Waals surface area contributed by atoms with Crippen molar-refractivity contribution in [2.75, 3.05) is 0 Å². The first-order valence-electron chi connectivity index (χ1n) is 5.77. The standard InChI is InChI=1S/C14H8N4O2/c15-8-9-1-3-10(4-2-9)12-5-6-16-13-7-11(14(19)20)17-18(12)13/h1-7H,(H,19,20). The van der Waals surface area contributed by atoms with Crippen molar-refractivity contribution < 1.29 is 9.90 Å². The molecule has 0 aliphatic carbocycles. The molecule has 2 aromatic heterocycles. The summed E-state index contributed by atoms with van der Waals surface area (Å²) >= 11 is 0. The summed E-state index contributed by atoms with van der Waals surface area (Å²) < 4.78 is 1.48. The molecule has 3 aromatic rings. The first-order valence-corrected chi connectivity index (χ1v) is 5.77. The molecule has 0 aliphatic heterocycles. The first kappa shape index (κ1) is 11.9. The van der Waals surface area contributed by atoms with Gasteiger partial charge in [-0.2, -0.15) is 10.4 Å². The van der Waals surface area contributed by atoms with Gasteiger partial charge in [0, 0.05) is 17.8 Å². The second-order valence-electron chi connectivity index (χ2n) is 4.12. The zero-order valence-corrected chi connectivity index (χ0v) is 10.2. The van der Waals surface area contributed by atoms with Crippen molar-refractivity contribution >= 4 is 11.6 Å². The maximum Gasteiger partial charge on any atom is 0.356 e. The van der Waals surface area contributed by atoms with Gasteiger partial charge in [0.15, 0.2) is 11.3 Å². The van der Waals surface area contributed by atoms with Crippen LogP contribution in [0.5, 0.6) is 0 Å². The highest BCUT2D eigenvalue weighted by Gasteiger charge is 2.12. The third-order valence-electron chi connectivity index (χ3n) is 2.89. The van der Waals surface area contributed by atoms with Crippen LogP contribution in [-0.2, 0) is 0 Å². The van der Waals surface area contributed by atoms with Crippen molar-refractivity contribution in [1.29, 1.82) is 5.26 Å². The zero-order valence-electron chi connectivity index (χ0n) is 10.2. The van der Waals surface area contributed by atoms with Crippen LogP contribution in [0, 0.1) is 11.3 Å². The molecule has 1 aromatic carbocycles. The summed E-state index contributed by atoms with van der Waals surface area (Å²) in [6.07, 6.45) is 1.59. The van der Waals surface area contributed by atoms with Crippen LogP contribution in [0.4, 0.5) is 0 Å². The average Bonchev–Trinajstić information content (AvgIpc) is 2.91. The fourth-order valence-corrected chi connectivity index (χ4v) is 1.93. The van der Waals surface area contributed by atoms with Gasteiger partial charge in [0.25, 0.3) is 0 Å². The van der Waals surface area contributed by atoms with Crippen molar-refractivity contribution in [3.8, 4) is 17.3 Å². The van der Waals surface area contributed by atoms with Gasteiger partial charge < -0.3 is 5.11 Å². The van der Waals surface area contributed by atoms with Crippen molar-refractivity contribution in [3.63, 3.8) is 0 Å².